The van der Waals surface area contributed by atoms with Gasteiger partial charge in [0.1, 0.15) is 5.41 Å². The van der Waals surface area contributed by atoms with Crippen molar-refractivity contribution in [3.63, 3.8) is 0 Å². The molecular weight excluding hydrogens is 232 g/mol. The van der Waals surface area contributed by atoms with Gasteiger partial charge < -0.3 is 14.7 Å². The van der Waals surface area contributed by atoms with E-state index < -0.39 is 5.41 Å². The van der Waals surface area contributed by atoms with Crippen LogP contribution >= 0.6 is 0 Å². The predicted molar refractivity (Wildman–Crippen MR) is 64.5 cm³/mol. The highest BCUT2D eigenvalue weighted by Crippen LogP contribution is 2.33. The Bertz CT molecular complexity index is 345. The normalized spacial score (nSPS) is 27.6. The van der Waals surface area contributed by atoms with Crippen LogP contribution in [0.3, 0.4) is 0 Å². The van der Waals surface area contributed by atoms with Crippen LogP contribution in [0.4, 0.5) is 0 Å². The van der Waals surface area contributed by atoms with E-state index in [-0.39, 0.29) is 18.4 Å². The second kappa shape index (κ2) is 5.68. The van der Waals surface area contributed by atoms with E-state index in [1.165, 1.54) is 0 Å². The molecule has 100 valence electrons. The van der Waals surface area contributed by atoms with E-state index in [9.17, 15) is 15.2 Å². The minimum absolute atomic E-state index is 0.0635. The number of hydrogen-bond acceptors (Lipinski definition) is 4. The smallest absolute Gasteiger partial charge is 0.243 e. The molecule has 2 rings (SSSR count). The standard InChI is InChI=1S/C13H20N2O3/c14-10-13(3-6-18-7-4-13)12(17)15-5-1-2-11(8-15)9-16/h11,16H,1-9H2. The van der Waals surface area contributed by atoms with Gasteiger partial charge in [-0.15, -0.1) is 0 Å². The number of aliphatic hydroxyl groups excluding tert-OH is 1. The van der Waals surface area contributed by atoms with Crippen molar-refractivity contribution >= 4 is 5.91 Å². The largest absolute Gasteiger partial charge is 0.396 e. The van der Waals surface area contributed by atoms with Crippen molar-refractivity contribution in [3.8, 4) is 6.07 Å². The molecule has 0 aliphatic carbocycles. The quantitative estimate of drug-likeness (QED) is 0.778. The molecule has 18 heavy (non-hydrogen) atoms. The summed E-state index contributed by atoms with van der Waals surface area (Å²) in [4.78, 5) is 14.3. The Kier molecular flexibility index (Phi) is 4.20. The number of piperidine rings is 1. The molecule has 2 aliphatic heterocycles. The van der Waals surface area contributed by atoms with Crippen molar-refractivity contribution in [2.75, 3.05) is 32.9 Å². The van der Waals surface area contributed by atoms with Gasteiger partial charge in [-0.25, -0.2) is 0 Å². The van der Waals surface area contributed by atoms with Crippen LogP contribution in [0.1, 0.15) is 25.7 Å². The van der Waals surface area contributed by atoms with Crippen molar-refractivity contribution in [1.82, 2.24) is 4.90 Å². The van der Waals surface area contributed by atoms with Gasteiger partial charge in [0.2, 0.25) is 5.91 Å². The molecule has 0 radical (unpaired) electrons. The van der Waals surface area contributed by atoms with Crippen molar-refractivity contribution in [1.29, 1.82) is 5.26 Å². The number of carbonyl (C=O) groups is 1. The number of amides is 1. The third-order valence-corrected chi connectivity index (χ3v) is 4.03. The fourth-order valence-electron chi connectivity index (χ4n) is 2.79. The molecule has 5 heteroatoms. The topological polar surface area (TPSA) is 73.6 Å². The lowest BCUT2D eigenvalue weighted by molar-refractivity contribution is -0.145. The van der Waals surface area contributed by atoms with Gasteiger partial charge in [0.25, 0.3) is 0 Å². The number of likely N-dealkylation sites (tertiary alicyclic amines) is 1. The number of carbonyl (C=O) groups excluding carboxylic acids is 1. The summed E-state index contributed by atoms with van der Waals surface area (Å²) in [6.45, 7) is 2.37. The zero-order valence-corrected chi connectivity index (χ0v) is 10.6. The van der Waals surface area contributed by atoms with Gasteiger partial charge in [-0.05, 0) is 31.6 Å². The van der Waals surface area contributed by atoms with Gasteiger partial charge in [0, 0.05) is 32.9 Å². The summed E-state index contributed by atoms with van der Waals surface area (Å²) in [5.41, 5.74) is -0.893. The van der Waals surface area contributed by atoms with Crippen LogP contribution < -0.4 is 0 Å². The molecule has 1 unspecified atom stereocenters. The molecule has 0 saturated carbocycles. The van der Waals surface area contributed by atoms with Gasteiger partial charge in [0.05, 0.1) is 6.07 Å². The van der Waals surface area contributed by atoms with Gasteiger partial charge >= 0.3 is 0 Å². The molecule has 2 fully saturated rings. The Morgan fingerprint density at radius 1 is 1.50 bits per heavy atom. The van der Waals surface area contributed by atoms with Gasteiger partial charge in [-0.2, -0.15) is 5.26 Å². The first-order valence-electron chi connectivity index (χ1n) is 6.61. The molecule has 0 aromatic rings. The lowest BCUT2D eigenvalue weighted by Gasteiger charge is -2.38. The van der Waals surface area contributed by atoms with Crippen molar-refractivity contribution in [3.05, 3.63) is 0 Å². The third-order valence-electron chi connectivity index (χ3n) is 4.03. The average molecular weight is 252 g/mol. The first-order valence-corrected chi connectivity index (χ1v) is 6.61. The van der Waals surface area contributed by atoms with E-state index >= 15 is 0 Å². The van der Waals surface area contributed by atoms with Gasteiger partial charge in [-0.1, -0.05) is 0 Å². The lowest BCUT2D eigenvalue weighted by atomic mass is 9.79. The van der Waals surface area contributed by atoms with Crippen LogP contribution in [0, 0.1) is 22.7 Å². The fraction of sp³-hybridized carbons (Fsp3) is 0.846. The van der Waals surface area contributed by atoms with E-state index in [1.54, 1.807) is 4.90 Å². The molecule has 5 nitrogen and oxygen atoms in total. The molecule has 0 bridgehead atoms. The monoisotopic (exact) mass is 252 g/mol. The van der Waals surface area contributed by atoms with Crippen molar-refractivity contribution in [2.45, 2.75) is 25.7 Å². The molecule has 2 aliphatic rings. The summed E-state index contributed by atoms with van der Waals surface area (Å²) in [6, 6.07) is 2.21. The van der Waals surface area contributed by atoms with Crippen LogP contribution in [-0.4, -0.2) is 48.8 Å². The summed E-state index contributed by atoms with van der Waals surface area (Å²) >= 11 is 0. The second-order valence-corrected chi connectivity index (χ2v) is 5.25. The minimum atomic E-state index is -0.893. The predicted octanol–water partition coefficient (Wildman–Crippen LogP) is 0.538. The highest BCUT2D eigenvalue weighted by molar-refractivity contribution is 5.85. The van der Waals surface area contributed by atoms with E-state index in [0.717, 1.165) is 12.8 Å². The van der Waals surface area contributed by atoms with E-state index in [2.05, 4.69) is 6.07 Å². The summed E-state index contributed by atoms with van der Waals surface area (Å²) in [5, 5.41) is 18.6. The Morgan fingerprint density at radius 2 is 2.22 bits per heavy atom. The highest BCUT2D eigenvalue weighted by atomic mass is 16.5. The summed E-state index contributed by atoms with van der Waals surface area (Å²) < 4.78 is 5.24. The first kappa shape index (κ1) is 13.3. The molecule has 0 spiro atoms. The van der Waals surface area contributed by atoms with Crippen LogP contribution in [0.2, 0.25) is 0 Å². The molecule has 1 N–H and O–H groups in total. The molecular formula is C13H20N2O3. The maximum Gasteiger partial charge on any atom is 0.243 e. The number of ether oxygens (including phenoxy) is 1. The lowest BCUT2D eigenvalue weighted by Crippen LogP contribution is -2.50. The second-order valence-electron chi connectivity index (χ2n) is 5.25. The fourth-order valence-corrected chi connectivity index (χ4v) is 2.79. The zero-order valence-electron chi connectivity index (χ0n) is 10.6. The van der Waals surface area contributed by atoms with Gasteiger partial charge in [-0.3, -0.25) is 4.79 Å². The number of hydrogen-bond donors (Lipinski definition) is 1. The van der Waals surface area contributed by atoms with E-state index in [0.29, 0.717) is 39.1 Å². The number of nitriles is 1. The Labute approximate surface area is 107 Å². The van der Waals surface area contributed by atoms with Crippen LogP contribution in [0.15, 0.2) is 0 Å². The SMILES string of the molecule is N#CC1(C(=O)N2CCCC(CO)C2)CCOCC1. The Morgan fingerprint density at radius 3 is 2.83 bits per heavy atom. The van der Waals surface area contributed by atoms with Crippen LogP contribution in [-0.2, 0) is 9.53 Å². The number of rotatable bonds is 2. The summed E-state index contributed by atoms with van der Waals surface area (Å²) in [7, 11) is 0. The van der Waals surface area contributed by atoms with Crippen LogP contribution in [0.25, 0.3) is 0 Å². The minimum Gasteiger partial charge on any atom is -0.396 e. The average Bonchev–Trinajstić information content (AvgIpc) is 2.47. The molecule has 0 aromatic carbocycles. The summed E-state index contributed by atoms with van der Waals surface area (Å²) in [5.74, 6) is 0.102. The maximum absolute atomic E-state index is 12.5. The van der Waals surface area contributed by atoms with Crippen molar-refractivity contribution < 1.29 is 14.6 Å². The first-order chi connectivity index (χ1) is 8.72. The molecule has 1 amide bonds. The van der Waals surface area contributed by atoms with Gasteiger partial charge in [0.15, 0.2) is 0 Å². The van der Waals surface area contributed by atoms with Crippen LogP contribution in [0.5, 0.6) is 0 Å². The number of aliphatic hydroxyl groups is 1. The third kappa shape index (κ3) is 2.50. The van der Waals surface area contributed by atoms with Crippen molar-refractivity contribution in [2.24, 2.45) is 11.3 Å². The highest BCUT2D eigenvalue weighted by Gasteiger charge is 2.43. The number of nitrogens with zero attached hydrogens (tertiary/aromatic N) is 2. The maximum atomic E-state index is 12.5. The molecule has 2 heterocycles. The van der Waals surface area contributed by atoms with E-state index in [4.69, 9.17) is 4.74 Å². The Hall–Kier alpha value is -1.12. The Balaban J connectivity index is 2.07. The zero-order chi connectivity index (χ0) is 13.0. The van der Waals surface area contributed by atoms with E-state index in [1.807, 2.05) is 0 Å². The molecule has 0 aromatic heterocycles. The molecule has 1 atom stereocenters. The molecule has 2 saturated heterocycles. The summed E-state index contributed by atoms with van der Waals surface area (Å²) in [6.07, 6.45) is 2.85.